The lowest BCUT2D eigenvalue weighted by Crippen LogP contribution is -2.34. The van der Waals surface area contributed by atoms with Crippen LogP contribution in [0.15, 0.2) is 41.5 Å². The number of ether oxygens (including phenoxy) is 1. The first kappa shape index (κ1) is 14.8. The van der Waals surface area contributed by atoms with Crippen LogP contribution in [0.3, 0.4) is 0 Å². The van der Waals surface area contributed by atoms with Crippen LogP contribution in [0.5, 0.6) is 5.75 Å². The molecule has 1 heterocycles. The first-order valence-corrected chi connectivity index (χ1v) is 6.61. The molecule has 6 heteroatoms. The molecule has 2 rings (SSSR count). The maximum atomic E-state index is 11.8. The SMILES string of the molecule is Cc1ccccc1O[C@H](C)CNC(=O)c1cc(=O)[nH]cn1. The molecule has 0 bridgehead atoms. The number of hydrogen-bond acceptors (Lipinski definition) is 4. The number of H-pyrrole nitrogens is 1. The Morgan fingerprint density at radius 1 is 1.43 bits per heavy atom. The average Bonchev–Trinajstić information content (AvgIpc) is 2.47. The lowest BCUT2D eigenvalue weighted by molar-refractivity contribution is 0.0926. The van der Waals surface area contributed by atoms with Crippen LogP contribution in [-0.2, 0) is 0 Å². The zero-order chi connectivity index (χ0) is 15.2. The van der Waals surface area contributed by atoms with Crippen molar-refractivity contribution in [3.8, 4) is 5.75 Å². The third kappa shape index (κ3) is 4.17. The van der Waals surface area contributed by atoms with Crippen molar-refractivity contribution in [1.82, 2.24) is 15.3 Å². The van der Waals surface area contributed by atoms with Crippen molar-refractivity contribution >= 4 is 5.91 Å². The van der Waals surface area contributed by atoms with E-state index in [4.69, 9.17) is 4.74 Å². The normalized spacial score (nSPS) is 11.7. The smallest absolute Gasteiger partial charge is 0.270 e. The van der Waals surface area contributed by atoms with Crippen LogP contribution < -0.4 is 15.6 Å². The molecule has 0 aliphatic rings. The Morgan fingerprint density at radius 2 is 2.19 bits per heavy atom. The van der Waals surface area contributed by atoms with Crippen LogP contribution in [0.4, 0.5) is 0 Å². The van der Waals surface area contributed by atoms with Gasteiger partial charge in [0.05, 0.1) is 12.9 Å². The summed E-state index contributed by atoms with van der Waals surface area (Å²) < 4.78 is 5.75. The molecular formula is C15H17N3O3. The van der Waals surface area contributed by atoms with Crippen molar-refractivity contribution in [2.45, 2.75) is 20.0 Å². The first-order valence-electron chi connectivity index (χ1n) is 6.61. The molecule has 0 saturated heterocycles. The summed E-state index contributed by atoms with van der Waals surface area (Å²) in [4.78, 5) is 29.1. The predicted octanol–water partition coefficient (Wildman–Crippen LogP) is 1.28. The average molecular weight is 287 g/mol. The number of carbonyl (C=O) groups is 1. The van der Waals surface area contributed by atoms with Gasteiger partial charge in [0, 0.05) is 6.07 Å². The summed E-state index contributed by atoms with van der Waals surface area (Å²) in [7, 11) is 0. The summed E-state index contributed by atoms with van der Waals surface area (Å²) in [6.07, 6.45) is 1.00. The quantitative estimate of drug-likeness (QED) is 0.867. The van der Waals surface area contributed by atoms with E-state index in [9.17, 15) is 9.59 Å². The fourth-order valence-corrected chi connectivity index (χ4v) is 1.77. The van der Waals surface area contributed by atoms with Gasteiger partial charge in [0.2, 0.25) is 0 Å². The fourth-order valence-electron chi connectivity index (χ4n) is 1.77. The maximum Gasteiger partial charge on any atom is 0.270 e. The summed E-state index contributed by atoms with van der Waals surface area (Å²) in [5.74, 6) is 0.384. The van der Waals surface area contributed by atoms with Gasteiger partial charge in [0.15, 0.2) is 0 Å². The van der Waals surface area contributed by atoms with Gasteiger partial charge in [-0.3, -0.25) is 9.59 Å². The van der Waals surface area contributed by atoms with E-state index in [2.05, 4.69) is 15.3 Å². The Hall–Kier alpha value is -2.63. The van der Waals surface area contributed by atoms with Gasteiger partial charge in [0.25, 0.3) is 11.5 Å². The highest BCUT2D eigenvalue weighted by atomic mass is 16.5. The minimum Gasteiger partial charge on any atom is -0.489 e. The number of para-hydroxylation sites is 1. The molecule has 0 spiro atoms. The molecule has 0 unspecified atom stereocenters. The monoisotopic (exact) mass is 287 g/mol. The Balaban J connectivity index is 1.89. The second kappa shape index (κ2) is 6.69. The summed E-state index contributed by atoms with van der Waals surface area (Å²) in [6.45, 7) is 4.14. The molecule has 2 N–H and O–H groups in total. The Labute approximate surface area is 122 Å². The van der Waals surface area contributed by atoms with Crippen LogP contribution in [0.1, 0.15) is 23.0 Å². The second-order valence-electron chi connectivity index (χ2n) is 4.70. The van der Waals surface area contributed by atoms with Gasteiger partial charge in [-0.2, -0.15) is 0 Å². The minimum atomic E-state index is -0.402. The van der Waals surface area contributed by atoms with E-state index in [1.807, 2.05) is 38.1 Å². The van der Waals surface area contributed by atoms with E-state index >= 15 is 0 Å². The molecule has 6 nitrogen and oxygen atoms in total. The third-order valence-corrected chi connectivity index (χ3v) is 2.88. The van der Waals surface area contributed by atoms with Crippen LogP contribution in [0.2, 0.25) is 0 Å². The molecule has 1 aromatic heterocycles. The van der Waals surface area contributed by atoms with Crippen molar-refractivity contribution < 1.29 is 9.53 Å². The highest BCUT2D eigenvalue weighted by Crippen LogP contribution is 2.17. The summed E-state index contributed by atoms with van der Waals surface area (Å²) in [5, 5.41) is 2.69. The molecule has 1 aromatic carbocycles. The van der Waals surface area contributed by atoms with Crippen LogP contribution in [0.25, 0.3) is 0 Å². The van der Waals surface area contributed by atoms with E-state index in [1.165, 1.54) is 6.33 Å². The predicted molar refractivity (Wildman–Crippen MR) is 78.5 cm³/mol. The molecule has 1 atom stereocenters. The number of amides is 1. The second-order valence-corrected chi connectivity index (χ2v) is 4.70. The van der Waals surface area contributed by atoms with E-state index in [-0.39, 0.29) is 17.4 Å². The van der Waals surface area contributed by atoms with Crippen molar-refractivity contribution in [3.05, 3.63) is 58.3 Å². The maximum absolute atomic E-state index is 11.8. The number of rotatable bonds is 5. The number of benzene rings is 1. The van der Waals surface area contributed by atoms with Crippen molar-refractivity contribution in [2.75, 3.05) is 6.54 Å². The van der Waals surface area contributed by atoms with Gasteiger partial charge in [-0.05, 0) is 25.5 Å². The number of aryl methyl sites for hydroxylation is 1. The Kier molecular flexibility index (Phi) is 4.71. The number of hydrogen-bond donors (Lipinski definition) is 2. The highest BCUT2D eigenvalue weighted by molar-refractivity contribution is 5.92. The van der Waals surface area contributed by atoms with Crippen molar-refractivity contribution in [2.24, 2.45) is 0 Å². The van der Waals surface area contributed by atoms with Crippen LogP contribution >= 0.6 is 0 Å². The first-order chi connectivity index (χ1) is 10.1. The molecule has 110 valence electrons. The zero-order valence-corrected chi connectivity index (χ0v) is 11.9. The molecular weight excluding hydrogens is 270 g/mol. The molecule has 0 saturated carbocycles. The van der Waals surface area contributed by atoms with Crippen LogP contribution in [-0.4, -0.2) is 28.5 Å². The molecule has 0 radical (unpaired) electrons. The van der Waals surface area contributed by atoms with Gasteiger partial charge in [-0.1, -0.05) is 18.2 Å². The van der Waals surface area contributed by atoms with Gasteiger partial charge < -0.3 is 15.0 Å². The third-order valence-electron chi connectivity index (χ3n) is 2.88. The summed E-state index contributed by atoms with van der Waals surface area (Å²) in [5.41, 5.74) is 0.758. The number of nitrogens with one attached hydrogen (secondary N) is 2. The zero-order valence-electron chi connectivity index (χ0n) is 11.9. The van der Waals surface area contributed by atoms with E-state index in [1.54, 1.807) is 0 Å². The van der Waals surface area contributed by atoms with E-state index in [0.29, 0.717) is 6.54 Å². The van der Waals surface area contributed by atoms with Crippen LogP contribution in [0, 0.1) is 6.92 Å². The van der Waals surface area contributed by atoms with Crippen molar-refractivity contribution in [1.29, 1.82) is 0 Å². The highest BCUT2D eigenvalue weighted by Gasteiger charge is 2.11. The van der Waals surface area contributed by atoms with Gasteiger partial charge in [-0.15, -0.1) is 0 Å². The topological polar surface area (TPSA) is 84.1 Å². The Bertz CT molecular complexity index is 682. The molecule has 21 heavy (non-hydrogen) atoms. The number of carbonyl (C=O) groups excluding carboxylic acids is 1. The molecule has 0 aliphatic heterocycles. The largest absolute Gasteiger partial charge is 0.489 e. The lowest BCUT2D eigenvalue weighted by atomic mass is 10.2. The van der Waals surface area contributed by atoms with Gasteiger partial charge in [-0.25, -0.2) is 4.98 Å². The molecule has 2 aromatic rings. The molecule has 0 aliphatic carbocycles. The van der Waals surface area contributed by atoms with E-state index < -0.39 is 5.91 Å². The molecule has 1 amide bonds. The fraction of sp³-hybridized carbons (Fsp3) is 0.267. The van der Waals surface area contributed by atoms with E-state index in [0.717, 1.165) is 17.4 Å². The number of aromatic nitrogens is 2. The summed E-state index contributed by atoms with van der Waals surface area (Å²) >= 11 is 0. The molecule has 0 fully saturated rings. The summed E-state index contributed by atoms with van der Waals surface area (Å²) in [6, 6.07) is 8.83. The minimum absolute atomic E-state index is 0.0850. The standard InChI is InChI=1S/C15H17N3O3/c1-10-5-3-4-6-13(10)21-11(2)8-16-15(20)12-7-14(19)18-9-17-12/h3-7,9,11H,8H2,1-2H3,(H,16,20)(H,17,18,19)/t11-/m1/s1. The lowest BCUT2D eigenvalue weighted by Gasteiger charge is -2.16. The number of aromatic amines is 1. The van der Waals surface area contributed by atoms with Crippen molar-refractivity contribution in [3.63, 3.8) is 0 Å². The van der Waals surface area contributed by atoms with Gasteiger partial charge in [0.1, 0.15) is 17.5 Å². The van der Waals surface area contributed by atoms with Gasteiger partial charge >= 0.3 is 0 Å². The number of nitrogens with zero attached hydrogens (tertiary/aromatic N) is 1. The Morgan fingerprint density at radius 3 is 2.90 bits per heavy atom.